The molecule has 0 radical (unpaired) electrons. The quantitative estimate of drug-likeness (QED) is 0.660. The predicted octanol–water partition coefficient (Wildman–Crippen LogP) is 3.57. The molecule has 4 rings (SSSR count). The Morgan fingerprint density at radius 1 is 1.14 bits per heavy atom. The number of sulfone groups is 1. The van der Waals surface area contributed by atoms with Gasteiger partial charge in [0.2, 0.25) is 0 Å². The van der Waals surface area contributed by atoms with Gasteiger partial charge < -0.3 is 15.1 Å². The number of benzene rings is 2. The van der Waals surface area contributed by atoms with Crippen LogP contribution in [0.15, 0.2) is 46.9 Å². The molecule has 2 amide bonds. The Labute approximate surface area is 163 Å². The van der Waals surface area contributed by atoms with E-state index in [1.165, 1.54) is 6.26 Å². The molecule has 1 heterocycles. The minimum absolute atomic E-state index is 0.00812. The minimum atomic E-state index is -3.06. The molecule has 8 heteroatoms. The Bertz CT molecular complexity index is 1120. The summed E-state index contributed by atoms with van der Waals surface area (Å²) in [6, 6.07) is 12.2. The zero-order valence-corrected chi connectivity index (χ0v) is 16.3. The molecule has 0 unspecified atom stereocenters. The Balaban J connectivity index is 1.33. The monoisotopic (exact) mass is 399 g/mol. The fourth-order valence-corrected chi connectivity index (χ4v) is 3.74. The Morgan fingerprint density at radius 3 is 2.54 bits per heavy atom. The number of urea groups is 1. The number of oxazole rings is 1. The normalized spacial score (nSPS) is 14.2. The largest absolute Gasteiger partial charge is 0.440 e. The molecule has 7 nitrogen and oxygen atoms in total. The lowest BCUT2D eigenvalue weighted by Crippen LogP contribution is -2.28. The first kappa shape index (κ1) is 18.5. The number of carbonyl (C=O) groups excluding carboxylic acids is 1. The maximum absolute atomic E-state index is 12.2. The van der Waals surface area contributed by atoms with E-state index in [1.807, 2.05) is 18.2 Å². The lowest BCUT2D eigenvalue weighted by Gasteiger charge is -2.08. The molecule has 1 aliphatic rings. The van der Waals surface area contributed by atoms with Crippen LogP contribution in [0.4, 0.5) is 10.5 Å². The molecule has 0 spiro atoms. The molecule has 0 aliphatic heterocycles. The summed E-state index contributed by atoms with van der Waals surface area (Å²) in [5.74, 6) is 1.22. The summed E-state index contributed by atoms with van der Waals surface area (Å²) in [6.45, 7) is 0.336. The molecule has 0 bridgehead atoms. The van der Waals surface area contributed by atoms with Crippen molar-refractivity contribution in [3.8, 4) is 0 Å². The summed E-state index contributed by atoms with van der Waals surface area (Å²) in [6.07, 6.45) is 3.45. The first-order valence-corrected chi connectivity index (χ1v) is 11.1. The highest BCUT2D eigenvalue weighted by molar-refractivity contribution is 7.89. The van der Waals surface area contributed by atoms with E-state index in [9.17, 15) is 13.2 Å². The Kier molecular flexibility index (Phi) is 4.80. The lowest BCUT2D eigenvalue weighted by molar-refractivity contribution is 0.251. The van der Waals surface area contributed by atoms with Crippen molar-refractivity contribution in [1.29, 1.82) is 0 Å². The molecule has 0 saturated heterocycles. The number of fused-ring (bicyclic) bond motifs is 1. The van der Waals surface area contributed by atoms with E-state index in [0.717, 1.165) is 41.0 Å². The van der Waals surface area contributed by atoms with Crippen molar-refractivity contribution in [3.63, 3.8) is 0 Å². The van der Waals surface area contributed by atoms with Crippen LogP contribution < -0.4 is 10.6 Å². The van der Waals surface area contributed by atoms with Crippen molar-refractivity contribution < 1.29 is 17.6 Å². The molecule has 3 aromatic rings. The van der Waals surface area contributed by atoms with Crippen molar-refractivity contribution in [2.24, 2.45) is 0 Å². The highest BCUT2D eigenvalue weighted by atomic mass is 32.2. The summed E-state index contributed by atoms with van der Waals surface area (Å²) < 4.78 is 28.4. The SMILES string of the molecule is CS(=O)(=O)Cc1ccc(CNC(=O)Nc2ccc3oc(C4CC4)nc3c2)cc1. The van der Waals surface area contributed by atoms with Crippen LogP contribution in [-0.2, 0) is 22.1 Å². The van der Waals surface area contributed by atoms with Crippen molar-refractivity contribution in [2.45, 2.75) is 31.1 Å². The highest BCUT2D eigenvalue weighted by Crippen LogP contribution is 2.40. The van der Waals surface area contributed by atoms with Crippen LogP contribution in [0.2, 0.25) is 0 Å². The van der Waals surface area contributed by atoms with E-state index in [1.54, 1.807) is 24.3 Å². The molecule has 1 aliphatic carbocycles. The third-order valence-corrected chi connectivity index (χ3v) is 5.35. The summed E-state index contributed by atoms with van der Waals surface area (Å²) in [5, 5.41) is 5.57. The summed E-state index contributed by atoms with van der Waals surface area (Å²) in [7, 11) is -3.06. The van der Waals surface area contributed by atoms with Crippen molar-refractivity contribution in [1.82, 2.24) is 10.3 Å². The number of nitrogens with one attached hydrogen (secondary N) is 2. The van der Waals surface area contributed by atoms with Gasteiger partial charge in [0.25, 0.3) is 0 Å². The molecular weight excluding hydrogens is 378 g/mol. The molecule has 0 atom stereocenters. The van der Waals surface area contributed by atoms with Crippen molar-refractivity contribution in [3.05, 3.63) is 59.5 Å². The van der Waals surface area contributed by atoms with Crippen LogP contribution in [0.3, 0.4) is 0 Å². The van der Waals surface area contributed by atoms with Crippen LogP contribution in [-0.4, -0.2) is 25.7 Å². The molecule has 2 aromatic carbocycles. The second-order valence-corrected chi connectivity index (χ2v) is 9.34. The van der Waals surface area contributed by atoms with E-state index in [2.05, 4.69) is 15.6 Å². The molecule has 1 aromatic heterocycles. The van der Waals surface area contributed by atoms with Crippen molar-refractivity contribution >= 4 is 32.7 Å². The van der Waals surface area contributed by atoms with Gasteiger partial charge in [0.1, 0.15) is 5.52 Å². The van der Waals surface area contributed by atoms with Crippen LogP contribution in [0.1, 0.15) is 35.8 Å². The van der Waals surface area contributed by atoms with E-state index < -0.39 is 9.84 Å². The summed E-state index contributed by atoms with van der Waals surface area (Å²) in [5.41, 5.74) is 3.71. The van der Waals surface area contributed by atoms with Gasteiger partial charge in [-0.1, -0.05) is 24.3 Å². The molecular formula is C20H21N3O4S. The number of hydrogen-bond donors (Lipinski definition) is 2. The number of amides is 2. The zero-order valence-electron chi connectivity index (χ0n) is 15.4. The Hall–Kier alpha value is -2.87. The van der Waals surface area contributed by atoms with Gasteiger partial charge in [-0.05, 0) is 42.2 Å². The van der Waals surface area contributed by atoms with E-state index in [0.29, 0.717) is 18.2 Å². The standard InChI is InChI=1S/C20H21N3O4S/c1-28(25,26)12-14-4-2-13(3-5-14)11-21-20(24)22-16-8-9-18-17(10-16)23-19(27-18)15-6-7-15/h2-5,8-10,15H,6-7,11-12H2,1H3,(H2,21,22,24). The zero-order chi connectivity index (χ0) is 19.7. The summed E-state index contributed by atoms with van der Waals surface area (Å²) in [4.78, 5) is 16.6. The lowest BCUT2D eigenvalue weighted by atomic mass is 10.1. The van der Waals surface area contributed by atoms with Gasteiger partial charge in [0.05, 0.1) is 5.75 Å². The van der Waals surface area contributed by atoms with Crippen molar-refractivity contribution in [2.75, 3.05) is 11.6 Å². The molecule has 28 heavy (non-hydrogen) atoms. The number of rotatable bonds is 6. The number of carbonyl (C=O) groups is 1. The predicted molar refractivity (Wildman–Crippen MR) is 107 cm³/mol. The second kappa shape index (κ2) is 7.27. The van der Waals surface area contributed by atoms with Gasteiger partial charge in [-0.3, -0.25) is 0 Å². The Morgan fingerprint density at radius 2 is 1.86 bits per heavy atom. The van der Waals surface area contributed by atoms with E-state index in [4.69, 9.17) is 4.42 Å². The smallest absolute Gasteiger partial charge is 0.319 e. The second-order valence-electron chi connectivity index (χ2n) is 7.20. The van der Waals surface area contributed by atoms with Crippen LogP contribution in [0, 0.1) is 0 Å². The first-order chi connectivity index (χ1) is 13.4. The average molecular weight is 399 g/mol. The van der Waals surface area contributed by atoms with Gasteiger partial charge in [0, 0.05) is 24.4 Å². The van der Waals surface area contributed by atoms with Crippen LogP contribution in [0.5, 0.6) is 0 Å². The topological polar surface area (TPSA) is 101 Å². The third-order valence-electron chi connectivity index (χ3n) is 4.49. The van der Waals surface area contributed by atoms with Gasteiger partial charge in [-0.15, -0.1) is 0 Å². The molecule has 1 fully saturated rings. The highest BCUT2D eigenvalue weighted by Gasteiger charge is 2.28. The minimum Gasteiger partial charge on any atom is -0.440 e. The molecule has 2 N–H and O–H groups in total. The van der Waals surface area contributed by atoms with E-state index in [-0.39, 0.29) is 11.8 Å². The summed E-state index contributed by atoms with van der Waals surface area (Å²) >= 11 is 0. The maximum atomic E-state index is 12.2. The van der Waals surface area contributed by atoms with Gasteiger partial charge in [-0.25, -0.2) is 18.2 Å². The number of hydrogen-bond acceptors (Lipinski definition) is 5. The molecule has 146 valence electrons. The molecule has 1 saturated carbocycles. The fourth-order valence-electron chi connectivity index (χ4n) is 2.94. The van der Waals surface area contributed by atoms with Gasteiger partial charge >= 0.3 is 6.03 Å². The number of anilines is 1. The number of aromatic nitrogens is 1. The van der Waals surface area contributed by atoms with E-state index >= 15 is 0 Å². The van der Waals surface area contributed by atoms with Crippen LogP contribution in [0.25, 0.3) is 11.1 Å². The average Bonchev–Trinajstić information content (AvgIpc) is 3.39. The first-order valence-electron chi connectivity index (χ1n) is 9.07. The van der Waals surface area contributed by atoms with Crippen LogP contribution >= 0.6 is 0 Å². The maximum Gasteiger partial charge on any atom is 0.319 e. The van der Waals surface area contributed by atoms with Gasteiger partial charge in [0.15, 0.2) is 21.3 Å². The third kappa shape index (κ3) is 4.69. The fraction of sp³-hybridized carbons (Fsp3) is 0.300. The van der Waals surface area contributed by atoms with Gasteiger partial charge in [-0.2, -0.15) is 0 Å². The number of nitrogens with zero attached hydrogens (tertiary/aromatic N) is 1.